The van der Waals surface area contributed by atoms with E-state index in [1.807, 2.05) is 13.8 Å². The molecule has 0 saturated carbocycles. The van der Waals surface area contributed by atoms with E-state index in [2.05, 4.69) is 5.32 Å². The van der Waals surface area contributed by atoms with Crippen LogP contribution < -0.4 is 5.32 Å². The molecule has 0 heterocycles. The van der Waals surface area contributed by atoms with Crippen molar-refractivity contribution in [1.29, 1.82) is 0 Å². The van der Waals surface area contributed by atoms with Crippen molar-refractivity contribution >= 4 is 5.91 Å². The minimum absolute atomic E-state index is 0.167. The van der Waals surface area contributed by atoms with Crippen molar-refractivity contribution in [2.75, 3.05) is 6.61 Å². The number of rotatable bonds is 5. The second kappa shape index (κ2) is 6.26. The van der Waals surface area contributed by atoms with Crippen molar-refractivity contribution < 1.29 is 20.1 Å². The van der Waals surface area contributed by atoms with Gasteiger partial charge in [0.1, 0.15) is 17.1 Å². The van der Waals surface area contributed by atoms with Crippen LogP contribution in [-0.2, 0) is 0 Å². The summed E-state index contributed by atoms with van der Waals surface area (Å²) >= 11 is 0. The van der Waals surface area contributed by atoms with Gasteiger partial charge >= 0.3 is 0 Å². The molecule has 0 saturated heterocycles. The number of amides is 1. The van der Waals surface area contributed by atoms with E-state index in [9.17, 15) is 15.0 Å². The molecule has 1 unspecified atom stereocenters. The minimum Gasteiger partial charge on any atom is -0.507 e. The van der Waals surface area contributed by atoms with Gasteiger partial charge in [0, 0.05) is 0 Å². The third-order valence-corrected chi connectivity index (χ3v) is 2.56. The van der Waals surface area contributed by atoms with E-state index in [1.165, 1.54) is 18.2 Å². The Balaban J connectivity index is 2.81. The summed E-state index contributed by atoms with van der Waals surface area (Å²) in [4.78, 5) is 11.9. The average Bonchev–Trinajstić information content (AvgIpc) is 2.27. The Kier molecular flexibility index (Phi) is 4.97. The van der Waals surface area contributed by atoms with Gasteiger partial charge in [-0.15, -0.1) is 0 Å². The fourth-order valence-corrected chi connectivity index (χ4v) is 1.77. The third-order valence-electron chi connectivity index (χ3n) is 2.56. The van der Waals surface area contributed by atoms with E-state index >= 15 is 0 Å². The molecule has 0 aliphatic rings. The SMILES string of the molecule is CC(C)CC(CO)NC(=O)c1c(O)cccc1O. The third kappa shape index (κ3) is 3.63. The van der Waals surface area contributed by atoms with Crippen molar-refractivity contribution in [3.63, 3.8) is 0 Å². The standard InChI is InChI=1S/C13H19NO4/c1-8(2)6-9(7-15)14-13(18)12-10(16)4-3-5-11(12)17/h3-5,8-9,15-17H,6-7H2,1-2H3,(H,14,18). The lowest BCUT2D eigenvalue weighted by Gasteiger charge is -2.18. The highest BCUT2D eigenvalue weighted by Gasteiger charge is 2.19. The molecule has 0 radical (unpaired) electrons. The first-order valence-corrected chi connectivity index (χ1v) is 5.88. The predicted octanol–water partition coefficient (Wildman–Crippen LogP) is 1.23. The van der Waals surface area contributed by atoms with E-state index in [-0.39, 0.29) is 23.7 Å². The highest BCUT2D eigenvalue weighted by Crippen LogP contribution is 2.26. The summed E-state index contributed by atoms with van der Waals surface area (Å²) in [7, 11) is 0. The number of nitrogens with one attached hydrogen (secondary N) is 1. The van der Waals surface area contributed by atoms with Crippen LogP contribution in [0.5, 0.6) is 11.5 Å². The molecule has 4 N–H and O–H groups in total. The quantitative estimate of drug-likeness (QED) is 0.635. The van der Waals surface area contributed by atoms with Crippen LogP contribution in [0.1, 0.15) is 30.6 Å². The Morgan fingerprint density at radius 2 is 1.83 bits per heavy atom. The zero-order valence-corrected chi connectivity index (χ0v) is 10.6. The first-order valence-electron chi connectivity index (χ1n) is 5.88. The van der Waals surface area contributed by atoms with Crippen LogP contribution in [0.2, 0.25) is 0 Å². The van der Waals surface area contributed by atoms with Crippen molar-refractivity contribution in [1.82, 2.24) is 5.32 Å². The number of phenolic OH excluding ortho intramolecular Hbond substituents is 2. The molecule has 1 rings (SSSR count). The number of carbonyl (C=O) groups is 1. The van der Waals surface area contributed by atoms with Crippen LogP contribution in [0, 0.1) is 5.92 Å². The van der Waals surface area contributed by atoms with Gasteiger partial charge < -0.3 is 20.6 Å². The molecule has 100 valence electrons. The lowest BCUT2D eigenvalue weighted by atomic mass is 10.0. The van der Waals surface area contributed by atoms with Crippen LogP contribution in [-0.4, -0.2) is 33.9 Å². The second-order valence-corrected chi connectivity index (χ2v) is 4.65. The predicted molar refractivity (Wildman–Crippen MR) is 67.6 cm³/mol. The van der Waals surface area contributed by atoms with Crippen molar-refractivity contribution in [3.05, 3.63) is 23.8 Å². The number of aliphatic hydroxyl groups excluding tert-OH is 1. The first-order chi connectivity index (χ1) is 8.45. The Morgan fingerprint density at radius 1 is 1.28 bits per heavy atom. The van der Waals surface area contributed by atoms with Crippen molar-refractivity contribution in [2.24, 2.45) is 5.92 Å². The van der Waals surface area contributed by atoms with Crippen LogP contribution >= 0.6 is 0 Å². The highest BCUT2D eigenvalue weighted by molar-refractivity contribution is 5.99. The number of phenols is 2. The summed E-state index contributed by atoms with van der Waals surface area (Å²) in [5, 5.41) is 30.8. The Bertz CT molecular complexity index is 397. The highest BCUT2D eigenvalue weighted by atomic mass is 16.3. The number of aliphatic hydroxyl groups is 1. The Morgan fingerprint density at radius 3 is 2.28 bits per heavy atom. The van der Waals surface area contributed by atoms with Crippen LogP contribution in [0.4, 0.5) is 0 Å². The molecule has 0 aromatic heterocycles. The lowest BCUT2D eigenvalue weighted by Crippen LogP contribution is -2.38. The maximum absolute atomic E-state index is 11.9. The lowest BCUT2D eigenvalue weighted by molar-refractivity contribution is 0.0903. The van der Waals surface area contributed by atoms with E-state index < -0.39 is 11.9 Å². The number of aromatic hydroxyl groups is 2. The van der Waals surface area contributed by atoms with Gasteiger partial charge in [-0.1, -0.05) is 19.9 Å². The zero-order chi connectivity index (χ0) is 13.7. The number of hydrogen-bond donors (Lipinski definition) is 4. The van der Waals surface area contributed by atoms with Crippen molar-refractivity contribution in [3.8, 4) is 11.5 Å². The monoisotopic (exact) mass is 253 g/mol. The molecular weight excluding hydrogens is 234 g/mol. The molecule has 1 atom stereocenters. The molecule has 1 aromatic carbocycles. The van der Waals surface area contributed by atoms with Gasteiger partial charge in [0.15, 0.2) is 0 Å². The minimum atomic E-state index is -0.592. The van der Waals surface area contributed by atoms with Crippen LogP contribution in [0.15, 0.2) is 18.2 Å². The van der Waals surface area contributed by atoms with Gasteiger partial charge in [-0.2, -0.15) is 0 Å². The second-order valence-electron chi connectivity index (χ2n) is 4.65. The molecule has 5 nitrogen and oxygen atoms in total. The van der Waals surface area contributed by atoms with Crippen LogP contribution in [0.3, 0.4) is 0 Å². The van der Waals surface area contributed by atoms with Crippen molar-refractivity contribution in [2.45, 2.75) is 26.3 Å². The average molecular weight is 253 g/mol. The molecule has 0 aliphatic carbocycles. The molecule has 5 heteroatoms. The molecule has 1 amide bonds. The Hall–Kier alpha value is -1.75. The normalized spacial score (nSPS) is 12.4. The van der Waals surface area contributed by atoms with E-state index in [4.69, 9.17) is 5.11 Å². The van der Waals surface area contributed by atoms with Gasteiger partial charge in [-0.3, -0.25) is 4.79 Å². The van der Waals surface area contributed by atoms with E-state index in [0.717, 1.165) is 0 Å². The summed E-state index contributed by atoms with van der Waals surface area (Å²) in [5.74, 6) is -0.840. The Labute approximate surface area is 106 Å². The number of benzene rings is 1. The van der Waals surface area contributed by atoms with E-state index in [0.29, 0.717) is 12.3 Å². The summed E-state index contributed by atoms with van der Waals surface area (Å²) < 4.78 is 0. The van der Waals surface area contributed by atoms with Crippen LogP contribution in [0.25, 0.3) is 0 Å². The summed E-state index contributed by atoms with van der Waals surface area (Å²) in [6, 6.07) is 3.70. The molecule has 1 aromatic rings. The fraction of sp³-hybridized carbons (Fsp3) is 0.462. The van der Waals surface area contributed by atoms with Gasteiger partial charge in [-0.25, -0.2) is 0 Å². The number of hydrogen-bond acceptors (Lipinski definition) is 4. The smallest absolute Gasteiger partial charge is 0.259 e. The maximum atomic E-state index is 11.9. The summed E-state index contributed by atoms with van der Waals surface area (Å²) in [5.41, 5.74) is -0.167. The molecular formula is C13H19NO4. The molecule has 0 bridgehead atoms. The maximum Gasteiger partial charge on any atom is 0.259 e. The fourth-order valence-electron chi connectivity index (χ4n) is 1.77. The molecule has 0 spiro atoms. The summed E-state index contributed by atoms with van der Waals surface area (Å²) in [6.45, 7) is 3.77. The van der Waals surface area contributed by atoms with Gasteiger partial charge in [0.25, 0.3) is 5.91 Å². The van der Waals surface area contributed by atoms with Gasteiger partial charge in [0.2, 0.25) is 0 Å². The van der Waals surface area contributed by atoms with Gasteiger partial charge in [-0.05, 0) is 24.5 Å². The molecule has 0 fully saturated rings. The topological polar surface area (TPSA) is 89.8 Å². The summed E-state index contributed by atoms with van der Waals surface area (Å²) in [6.07, 6.45) is 0.622. The van der Waals surface area contributed by atoms with Gasteiger partial charge in [0.05, 0.1) is 12.6 Å². The molecule has 0 aliphatic heterocycles. The zero-order valence-electron chi connectivity index (χ0n) is 10.6. The first kappa shape index (κ1) is 14.3. The number of carbonyl (C=O) groups excluding carboxylic acids is 1. The van der Waals surface area contributed by atoms with E-state index in [1.54, 1.807) is 0 Å². The largest absolute Gasteiger partial charge is 0.507 e. The molecule has 18 heavy (non-hydrogen) atoms.